The number of nitrogens with one attached hydrogen (secondary N) is 1. The van der Waals surface area contributed by atoms with E-state index in [0.29, 0.717) is 5.92 Å². The third-order valence-electron chi connectivity index (χ3n) is 4.32. The molecule has 0 aliphatic rings. The molecule has 3 rings (SSSR count). The Morgan fingerprint density at radius 2 is 1.80 bits per heavy atom. The summed E-state index contributed by atoms with van der Waals surface area (Å²) >= 11 is 0. The van der Waals surface area contributed by atoms with Crippen molar-refractivity contribution in [3.05, 3.63) is 84.2 Å². The van der Waals surface area contributed by atoms with Gasteiger partial charge >= 0.3 is 0 Å². The number of aliphatic hydroxyl groups is 1. The second-order valence-corrected chi connectivity index (χ2v) is 6.44. The summed E-state index contributed by atoms with van der Waals surface area (Å²) in [6.07, 6.45) is 4.17. The lowest BCUT2D eigenvalue weighted by Crippen LogP contribution is -2.23. The van der Waals surface area contributed by atoms with Crippen LogP contribution in [0.1, 0.15) is 30.4 Å². The zero-order chi connectivity index (χ0) is 17.5. The van der Waals surface area contributed by atoms with E-state index in [-0.39, 0.29) is 6.10 Å². The van der Waals surface area contributed by atoms with Gasteiger partial charge in [0.05, 0.1) is 11.8 Å². The topological polar surface area (TPSA) is 50.1 Å². The Bertz CT molecular complexity index is 737. The van der Waals surface area contributed by atoms with E-state index in [9.17, 15) is 5.11 Å². The highest BCUT2D eigenvalue weighted by atomic mass is 16.3. The molecule has 0 radical (unpaired) electrons. The first kappa shape index (κ1) is 17.4. The predicted octanol–water partition coefficient (Wildman–Crippen LogP) is 3.52. The molecular formula is C21H25N3O. The Morgan fingerprint density at radius 1 is 1.04 bits per heavy atom. The first-order valence-electron chi connectivity index (χ1n) is 8.75. The quantitative estimate of drug-likeness (QED) is 0.662. The lowest BCUT2D eigenvalue weighted by molar-refractivity contribution is 0.173. The summed E-state index contributed by atoms with van der Waals surface area (Å²) in [5.41, 5.74) is 3.56. The molecule has 0 amide bonds. The summed E-state index contributed by atoms with van der Waals surface area (Å²) in [4.78, 5) is 0. The maximum atomic E-state index is 9.79. The summed E-state index contributed by atoms with van der Waals surface area (Å²) < 4.78 is 1.85. The average Bonchev–Trinajstić information content (AvgIpc) is 3.16. The van der Waals surface area contributed by atoms with Gasteiger partial charge in [-0.25, -0.2) is 4.68 Å². The van der Waals surface area contributed by atoms with Gasteiger partial charge in [0, 0.05) is 25.5 Å². The van der Waals surface area contributed by atoms with Crippen molar-refractivity contribution in [3.63, 3.8) is 0 Å². The fourth-order valence-corrected chi connectivity index (χ4v) is 3.05. The molecular weight excluding hydrogens is 310 g/mol. The third kappa shape index (κ3) is 5.02. The molecule has 25 heavy (non-hydrogen) atoms. The molecule has 2 N–H and O–H groups in total. The summed E-state index contributed by atoms with van der Waals surface area (Å²) in [6.45, 7) is 3.50. The van der Waals surface area contributed by atoms with Crippen LogP contribution in [0.15, 0.2) is 73.1 Å². The summed E-state index contributed by atoms with van der Waals surface area (Å²) in [5, 5.41) is 17.6. The Balaban J connectivity index is 1.56. The maximum absolute atomic E-state index is 9.79. The fraction of sp³-hybridized carbons (Fsp3) is 0.286. The molecule has 0 aliphatic heterocycles. The van der Waals surface area contributed by atoms with Crippen LogP contribution in [0.25, 0.3) is 5.69 Å². The zero-order valence-corrected chi connectivity index (χ0v) is 14.5. The highest BCUT2D eigenvalue weighted by Gasteiger charge is 2.13. The van der Waals surface area contributed by atoms with Crippen LogP contribution in [0.5, 0.6) is 0 Å². The summed E-state index contributed by atoms with van der Waals surface area (Å²) in [6, 6.07) is 20.7. The number of aliphatic hydroxyl groups excluding tert-OH is 1. The fourth-order valence-electron chi connectivity index (χ4n) is 3.05. The molecule has 4 heteroatoms. The van der Waals surface area contributed by atoms with Crippen molar-refractivity contribution in [2.75, 3.05) is 6.54 Å². The normalized spacial score (nSPS) is 13.5. The lowest BCUT2D eigenvalue weighted by atomic mass is 9.93. The van der Waals surface area contributed by atoms with Gasteiger partial charge in [0.25, 0.3) is 0 Å². The molecule has 3 aromatic rings. The molecule has 0 saturated heterocycles. The van der Waals surface area contributed by atoms with E-state index in [4.69, 9.17) is 0 Å². The second kappa shape index (κ2) is 8.60. The monoisotopic (exact) mass is 335 g/mol. The largest absolute Gasteiger partial charge is 0.393 e. The molecule has 0 aliphatic carbocycles. The lowest BCUT2D eigenvalue weighted by Gasteiger charge is -2.20. The van der Waals surface area contributed by atoms with E-state index in [2.05, 4.69) is 58.9 Å². The number of rotatable bonds is 8. The minimum atomic E-state index is -0.305. The molecule has 2 unspecified atom stereocenters. The maximum Gasteiger partial charge on any atom is 0.0645 e. The van der Waals surface area contributed by atoms with Gasteiger partial charge in [0.1, 0.15) is 0 Å². The number of nitrogens with zero attached hydrogens (tertiary/aromatic N) is 2. The van der Waals surface area contributed by atoms with Crippen molar-refractivity contribution in [3.8, 4) is 5.69 Å². The van der Waals surface area contributed by atoms with Crippen molar-refractivity contribution in [1.82, 2.24) is 15.1 Å². The van der Waals surface area contributed by atoms with Crippen LogP contribution in [0.2, 0.25) is 0 Å². The Morgan fingerprint density at radius 3 is 2.44 bits per heavy atom. The van der Waals surface area contributed by atoms with E-state index in [1.165, 1.54) is 11.1 Å². The van der Waals surface area contributed by atoms with Crippen molar-refractivity contribution in [2.45, 2.75) is 31.9 Å². The summed E-state index contributed by atoms with van der Waals surface area (Å²) in [5.74, 6) is 0.310. The van der Waals surface area contributed by atoms with Crippen LogP contribution in [-0.2, 0) is 6.54 Å². The van der Waals surface area contributed by atoms with Crippen LogP contribution in [0.3, 0.4) is 0 Å². The Hall–Kier alpha value is -2.43. The first-order valence-corrected chi connectivity index (χ1v) is 8.75. The first-order chi connectivity index (χ1) is 12.2. The molecule has 1 aromatic heterocycles. The van der Waals surface area contributed by atoms with Gasteiger partial charge in [-0.15, -0.1) is 0 Å². The van der Waals surface area contributed by atoms with Gasteiger partial charge in [-0.3, -0.25) is 0 Å². The molecule has 0 spiro atoms. The molecule has 2 aromatic carbocycles. The smallest absolute Gasteiger partial charge is 0.0645 e. The highest BCUT2D eigenvalue weighted by Crippen LogP contribution is 2.20. The van der Waals surface area contributed by atoms with Gasteiger partial charge in [0.15, 0.2) is 0 Å². The van der Waals surface area contributed by atoms with Crippen LogP contribution in [-0.4, -0.2) is 27.5 Å². The van der Waals surface area contributed by atoms with Gasteiger partial charge in [-0.2, -0.15) is 5.10 Å². The van der Waals surface area contributed by atoms with Gasteiger partial charge < -0.3 is 10.4 Å². The highest BCUT2D eigenvalue weighted by molar-refractivity contribution is 5.33. The van der Waals surface area contributed by atoms with Gasteiger partial charge in [-0.05, 0) is 48.6 Å². The minimum Gasteiger partial charge on any atom is -0.393 e. The molecule has 130 valence electrons. The number of hydrogen-bond acceptors (Lipinski definition) is 3. The molecule has 1 heterocycles. The predicted molar refractivity (Wildman–Crippen MR) is 101 cm³/mol. The van der Waals surface area contributed by atoms with E-state index in [1.807, 2.05) is 29.9 Å². The van der Waals surface area contributed by atoms with Crippen LogP contribution >= 0.6 is 0 Å². The van der Waals surface area contributed by atoms with Crippen LogP contribution in [0.4, 0.5) is 0 Å². The minimum absolute atomic E-state index is 0.305. The SMILES string of the molecule is CC(O)CC(CNCc1ccc(-n2cccn2)cc1)c1ccccc1. The molecule has 0 saturated carbocycles. The van der Waals surface area contributed by atoms with Crippen molar-refractivity contribution in [1.29, 1.82) is 0 Å². The van der Waals surface area contributed by atoms with E-state index < -0.39 is 0 Å². The molecule has 0 fully saturated rings. The average molecular weight is 335 g/mol. The second-order valence-electron chi connectivity index (χ2n) is 6.44. The van der Waals surface area contributed by atoms with Gasteiger partial charge in [0.2, 0.25) is 0 Å². The van der Waals surface area contributed by atoms with Crippen LogP contribution < -0.4 is 5.32 Å². The van der Waals surface area contributed by atoms with Crippen molar-refractivity contribution >= 4 is 0 Å². The van der Waals surface area contributed by atoms with Crippen molar-refractivity contribution < 1.29 is 5.11 Å². The number of benzene rings is 2. The third-order valence-corrected chi connectivity index (χ3v) is 4.32. The molecule has 4 nitrogen and oxygen atoms in total. The van der Waals surface area contributed by atoms with Gasteiger partial charge in [-0.1, -0.05) is 42.5 Å². The zero-order valence-electron chi connectivity index (χ0n) is 14.5. The molecule has 0 bridgehead atoms. The van der Waals surface area contributed by atoms with E-state index in [0.717, 1.165) is 25.2 Å². The number of hydrogen-bond donors (Lipinski definition) is 2. The van der Waals surface area contributed by atoms with Crippen molar-refractivity contribution in [2.24, 2.45) is 0 Å². The van der Waals surface area contributed by atoms with E-state index in [1.54, 1.807) is 6.20 Å². The summed E-state index contributed by atoms with van der Waals surface area (Å²) in [7, 11) is 0. The molecule has 2 atom stereocenters. The van der Waals surface area contributed by atoms with E-state index >= 15 is 0 Å². The Labute approximate surface area is 149 Å². The van der Waals surface area contributed by atoms with Crippen LogP contribution in [0, 0.1) is 0 Å². The number of aromatic nitrogens is 2. The standard InChI is InChI=1S/C21H25N3O/c1-17(25)14-20(19-6-3-2-4-7-19)16-22-15-18-8-10-21(11-9-18)24-13-5-12-23-24/h2-13,17,20,22,25H,14-16H2,1H3. The Kier molecular flexibility index (Phi) is 5.99.